The van der Waals surface area contributed by atoms with Crippen molar-refractivity contribution in [1.29, 1.82) is 0 Å². The number of aryl methyl sites for hydroxylation is 1. The summed E-state index contributed by atoms with van der Waals surface area (Å²) in [5, 5.41) is 2.26. The highest BCUT2D eigenvalue weighted by atomic mass is 16.5. The van der Waals surface area contributed by atoms with Gasteiger partial charge in [-0.1, -0.05) is 105 Å². The zero-order chi connectivity index (χ0) is 40.7. The van der Waals surface area contributed by atoms with Crippen molar-refractivity contribution in [1.82, 2.24) is 18.7 Å². The second-order valence-corrected chi connectivity index (χ2v) is 17.5. The van der Waals surface area contributed by atoms with Crippen molar-refractivity contribution in [3.05, 3.63) is 144 Å². The highest BCUT2D eigenvalue weighted by Crippen LogP contribution is 2.42. The number of ether oxygens (including phenoxy) is 1. The SMILES string of the molecule is [2H]C([2H])([2H])c1cccc2c1[N+](c1cc(C(C)(C)C)cc(C(C)(C)C)c1)=C=[N+]2c1cccc(Oc2ccc3c4ccccc4n(-c4cc(C(C)(C)C)ccn4)c3c2)c1. The molecule has 0 saturated carbocycles. The number of aromatic nitrogens is 2. The Hall–Kier alpha value is -5.77. The third-order valence-corrected chi connectivity index (χ3v) is 10.4. The van der Waals surface area contributed by atoms with Gasteiger partial charge in [-0.3, -0.25) is 4.57 Å². The minimum atomic E-state index is -2.34. The van der Waals surface area contributed by atoms with E-state index in [1.54, 1.807) is 6.07 Å². The van der Waals surface area contributed by atoms with Gasteiger partial charge in [-0.15, -0.1) is 0 Å². The molecule has 0 fully saturated rings. The molecule has 0 spiro atoms. The van der Waals surface area contributed by atoms with Crippen LogP contribution in [0.15, 0.2) is 121 Å². The van der Waals surface area contributed by atoms with E-state index in [1.807, 2.05) is 57.8 Å². The topological polar surface area (TPSA) is 33.1 Å². The molecule has 1 aliphatic heterocycles. The minimum Gasteiger partial charge on any atom is -0.457 e. The number of nitrogens with zero attached hydrogens (tertiary/aromatic N) is 4. The highest BCUT2D eigenvalue weighted by molar-refractivity contribution is 6.09. The molecule has 0 aliphatic carbocycles. The molecule has 0 unspecified atom stereocenters. The van der Waals surface area contributed by atoms with Crippen LogP contribution < -0.4 is 13.9 Å². The number of hydrogen-bond acceptors (Lipinski definition) is 2. The number of hydrogen-bond donors (Lipinski definition) is 0. The molecule has 1 aliphatic rings. The van der Waals surface area contributed by atoms with Crippen molar-refractivity contribution < 1.29 is 8.85 Å². The van der Waals surface area contributed by atoms with Crippen LogP contribution in [0, 0.1) is 6.85 Å². The summed E-state index contributed by atoms with van der Waals surface area (Å²) in [6.07, 6.45) is 1.89. The fourth-order valence-electron chi connectivity index (χ4n) is 7.23. The maximum Gasteiger partial charge on any atom is 0.503 e. The Kier molecular flexibility index (Phi) is 7.45. The largest absolute Gasteiger partial charge is 0.503 e. The summed E-state index contributed by atoms with van der Waals surface area (Å²) < 4.78 is 38.3. The second kappa shape index (κ2) is 12.7. The molecule has 0 atom stereocenters. The number of benzene rings is 5. The van der Waals surface area contributed by atoms with E-state index in [-0.39, 0.29) is 21.8 Å². The first-order valence-corrected chi connectivity index (χ1v) is 18.7. The fourth-order valence-corrected chi connectivity index (χ4v) is 7.23. The number of para-hydroxylation sites is 2. The molecule has 270 valence electrons. The van der Waals surface area contributed by atoms with Gasteiger partial charge < -0.3 is 4.74 Å². The molecular weight excluding hydrogens is 661 g/mol. The standard InChI is InChI=1S/C49H50N4O/c1-32-15-13-20-43-46(32)52(37-26-34(48(5,6)7)25-35(27-37)49(8,9)10)31-51(43)36-16-14-17-38(29-36)54-39-21-22-41-40-18-11-12-19-42(40)53(44(41)30-39)45-28-33(23-24-50-45)47(2,3)4/h11-30H,1-10H3/q+2/i1D3. The average molecular weight is 714 g/mol. The predicted octanol–water partition coefficient (Wildman–Crippen LogP) is 13.0. The summed E-state index contributed by atoms with van der Waals surface area (Å²) in [6, 6.07) is 42.4. The van der Waals surface area contributed by atoms with Crippen LogP contribution in [0.5, 0.6) is 11.5 Å². The van der Waals surface area contributed by atoms with E-state index in [4.69, 9.17) is 13.8 Å². The Bertz CT molecular complexity index is 2770. The summed E-state index contributed by atoms with van der Waals surface area (Å²) in [4.78, 5) is 4.84. The third kappa shape index (κ3) is 6.33. The van der Waals surface area contributed by atoms with Gasteiger partial charge >= 0.3 is 11.7 Å². The monoisotopic (exact) mass is 713 g/mol. The van der Waals surface area contributed by atoms with Gasteiger partial charge in [-0.2, -0.15) is 0 Å². The Morgan fingerprint density at radius 3 is 2.00 bits per heavy atom. The van der Waals surface area contributed by atoms with E-state index in [1.165, 1.54) is 16.7 Å². The van der Waals surface area contributed by atoms with E-state index in [0.717, 1.165) is 44.7 Å². The molecule has 2 aromatic heterocycles. The smallest absolute Gasteiger partial charge is 0.457 e. The van der Waals surface area contributed by atoms with Crippen molar-refractivity contribution in [2.24, 2.45) is 0 Å². The Balaban J connectivity index is 1.26. The van der Waals surface area contributed by atoms with Gasteiger partial charge in [0.15, 0.2) is 0 Å². The molecule has 5 heteroatoms. The molecule has 3 heterocycles. The molecule has 0 bridgehead atoms. The van der Waals surface area contributed by atoms with Crippen LogP contribution in [-0.2, 0) is 16.2 Å². The van der Waals surface area contributed by atoms with Crippen LogP contribution in [-0.4, -0.2) is 15.6 Å². The Labute approximate surface area is 323 Å². The maximum absolute atomic E-state index is 8.54. The number of pyridine rings is 1. The first kappa shape index (κ1) is 31.7. The van der Waals surface area contributed by atoms with Gasteiger partial charge in [0.2, 0.25) is 11.4 Å². The quantitative estimate of drug-likeness (QED) is 0.166. The van der Waals surface area contributed by atoms with Crippen molar-refractivity contribution in [2.45, 2.75) is 85.4 Å². The van der Waals surface area contributed by atoms with Gasteiger partial charge in [0, 0.05) is 57.0 Å². The van der Waals surface area contributed by atoms with Crippen molar-refractivity contribution in [3.63, 3.8) is 0 Å². The summed E-state index contributed by atoms with van der Waals surface area (Å²) in [7, 11) is 0. The predicted molar refractivity (Wildman–Crippen MR) is 227 cm³/mol. The molecule has 54 heavy (non-hydrogen) atoms. The fraction of sp³-hybridized carbons (Fsp3) is 0.265. The van der Waals surface area contributed by atoms with E-state index >= 15 is 0 Å². The molecule has 0 N–H and O–H groups in total. The van der Waals surface area contributed by atoms with E-state index in [9.17, 15) is 0 Å². The molecule has 8 rings (SSSR count). The van der Waals surface area contributed by atoms with Gasteiger partial charge in [-0.05, 0) is 85.3 Å². The molecule has 5 nitrogen and oxygen atoms in total. The van der Waals surface area contributed by atoms with Crippen LogP contribution in [0.3, 0.4) is 0 Å². The first-order chi connectivity index (χ1) is 26.8. The van der Waals surface area contributed by atoms with Gasteiger partial charge in [-0.25, -0.2) is 4.98 Å². The minimum absolute atomic E-state index is 0.0301. The molecule has 7 aromatic rings. The van der Waals surface area contributed by atoms with Gasteiger partial charge in [0.05, 0.1) is 17.1 Å². The lowest BCUT2D eigenvalue weighted by Crippen LogP contribution is -2.17. The Morgan fingerprint density at radius 1 is 0.593 bits per heavy atom. The zero-order valence-electron chi connectivity index (χ0n) is 35.7. The highest BCUT2D eigenvalue weighted by Gasteiger charge is 2.39. The van der Waals surface area contributed by atoms with Crippen LogP contribution >= 0.6 is 0 Å². The molecule has 0 amide bonds. The third-order valence-electron chi connectivity index (χ3n) is 10.4. The van der Waals surface area contributed by atoms with Gasteiger partial charge in [0.25, 0.3) is 5.69 Å². The van der Waals surface area contributed by atoms with E-state index in [2.05, 4.69) is 140 Å². The first-order valence-electron chi connectivity index (χ1n) is 20.2. The number of fused-ring (bicyclic) bond motifs is 4. The molecular formula is C49H50N4O+2. The van der Waals surface area contributed by atoms with Gasteiger partial charge in [0.1, 0.15) is 17.3 Å². The summed E-state index contributed by atoms with van der Waals surface area (Å²) in [6.45, 7) is 17.5. The lowest BCUT2D eigenvalue weighted by molar-refractivity contribution is 0.483. The summed E-state index contributed by atoms with van der Waals surface area (Å²) >= 11 is 0. The van der Waals surface area contributed by atoms with E-state index < -0.39 is 6.85 Å². The Morgan fingerprint density at radius 2 is 1.28 bits per heavy atom. The number of rotatable bonds is 5. The summed E-state index contributed by atoms with van der Waals surface area (Å²) in [5.41, 5.74) is 8.59. The van der Waals surface area contributed by atoms with Crippen LogP contribution in [0.25, 0.3) is 27.6 Å². The molecule has 0 radical (unpaired) electrons. The van der Waals surface area contributed by atoms with Crippen molar-refractivity contribution in [3.8, 4) is 17.3 Å². The zero-order valence-corrected chi connectivity index (χ0v) is 32.7. The van der Waals surface area contributed by atoms with Crippen LogP contribution in [0.4, 0.5) is 22.7 Å². The van der Waals surface area contributed by atoms with Crippen LogP contribution in [0.1, 0.15) is 88.7 Å². The average Bonchev–Trinajstić information content (AvgIpc) is 3.70. The molecule has 5 aromatic carbocycles. The lowest BCUT2D eigenvalue weighted by Gasteiger charge is -2.24. The second-order valence-electron chi connectivity index (χ2n) is 17.5. The summed E-state index contributed by atoms with van der Waals surface area (Å²) in [5.74, 6) is 2.18. The maximum atomic E-state index is 8.54. The van der Waals surface area contributed by atoms with Crippen LogP contribution in [0.2, 0.25) is 0 Å². The normalized spacial score (nSPS) is 14.4. The van der Waals surface area contributed by atoms with E-state index in [0.29, 0.717) is 17.2 Å². The van der Waals surface area contributed by atoms with Crippen molar-refractivity contribution in [2.75, 3.05) is 0 Å². The lowest BCUT2D eigenvalue weighted by atomic mass is 9.80. The molecule has 0 saturated heterocycles. The van der Waals surface area contributed by atoms with Crippen molar-refractivity contribution >= 4 is 50.6 Å².